The van der Waals surface area contributed by atoms with Crippen molar-refractivity contribution in [2.75, 3.05) is 15.5 Å². The number of unbranched alkanes of at least 4 members (excludes halogenated alkanes) is 1. The van der Waals surface area contributed by atoms with E-state index in [2.05, 4.69) is 70.0 Å². The van der Waals surface area contributed by atoms with Crippen LogP contribution in [0.25, 0.3) is 0 Å². The molecule has 13 heteroatoms. The number of carbonyl (C=O) groups is 2. The zero-order valence-electron chi connectivity index (χ0n) is 23.2. The topological polar surface area (TPSA) is 132 Å². The normalized spacial score (nSPS) is 11.5. The quantitative estimate of drug-likeness (QED) is 0.106. The van der Waals surface area contributed by atoms with Gasteiger partial charge in [0.25, 0.3) is 10.0 Å². The van der Waals surface area contributed by atoms with E-state index < -0.39 is 16.1 Å². The summed E-state index contributed by atoms with van der Waals surface area (Å²) in [6.45, 7) is 6.98. The third kappa shape index (κ3) is 10.8. The monoisotopic (exact) mass is 622 g/mol. The van der Waals surface area contributed by atoms with Gasteiger partial charge in [-0.3, -0.25) is 20.4 Å². The van der Waals surface area contributed by atoms with Crippen molar-refractivity contribution in [2.24, 2.45) is 0 Å². The van der Waals surface area contributed by atoms with Crippen LogP contribution in [0.3, 0.4) is 0 Å². The van der Waals surface area contributed by atoms with Crippen LogP contribution < -0.4 is 43.2 Å². The average molecular weight is 624 g/mol. The molecule has 3 amide bonds. The van der Waals surface area contributed by atoms with Crippen molar-refractivity contribution in [3.8, 4) is 0 Å². The summed E-state index contributed by atoms with van der Waals surface area (Å²) in [6, 6.07) is 12.2. The molecule has 0 aliphatic rings. The molecular formula is C28H36Cl2N6O4S. The van der Waals surface area contributed by atoms with Crippen LogP contribution in [0.1, 0.15) is 43.7 Å². The van der Waals surface area contributed by atoms with Gasteiger partial charge < -0.3 is 23.0 Å². The van der Waals surface area contributed by atoms with Gasteiger partial charge >= 0.3 is 6.03 Å². The molecule has 10 nitrogen and oxygen atoms in total. The van der Waals surface area contributed by atoms with E-state index in [1.165, 1.54) is 35.4 Å². The number of aryl methyl sites for hydroxylation is 3. The zero-order chi connectivity index (χ0) is 29.1. The molecule has 2 aromatic carbocycles. The minimum atomic E-state index is -4.06. The number of sulfonamides is 1. The maximum absolute atomic E-state index is 13.1. The van der Waals surface area contributed by atoms with Crippen LogP contribution in [0.4, 0.5) is 21.9 Å². The van der Waals surface area contributed by atoms with Gasteiger partial charge in [-0.1, -0.05) is 31.4 Å². The summed E-state index contributed by atoms with van der Waals surface area (Å²) in [5, 5.41) is 5.79. The third-order valence-corrected chi connectivity index (χ3v) is 7.93. The Kier molecular flexibility index (Phi) is 13.2. The number of hydrogen-bond donors (Lipinski definition) is 5. The van der Waals surface area contributed by atoms with Crippen LogP contribution in [-0.2, 0) is 21.4 Å². The number of rotatable bonds is 14. The molecule has 1 aromatic heterocycles. The van der Waals surface area contributed by atoms with E-state index >= 15 is 0 Å². The number of halogens is 2. The fraction of sp³-hybridized carbons (Fsp3) is 0.321. The number of nitrogens with one attached hydrogen (secondary N) is 5. The minimum absolute atomic E-state index is 0. The van der Waals surface area contributed by atoms with E-state index in [1.807, 2.05) is 0 Å². The lowest BCUT2D eigenvalue weighted by atomic mass is 10.1. The summed E-state index contributed by atoms with van der Waals surface area (Å²) in [7, 11) is -4.06. The SMILES string of the molecule is CCCCC(CC[n+]1cc(C)cc(C)c1)NC(=O)Nc1ccc(Cl)c(S(=O)(=O)Nc2ccc(NNC=O)cc2)c1.[Cl-]. The Morgan fingerprint density at radius 3 is 2.24 bits per heavy atom. The van der Waals surface area contributed by atoms with Gasteiger partial charge in [-0.15, -0.1) is 0 Å². The second-order valence-corrected chi connectivity index (χ2v) is 11.6. The molecule has 0 fully saturated rings. The highest BCUT2D eigenvalue weighted by Gasteiger charge is 2.20. The third-order valence-electron chi connectivity index (χ3n) is 6.06. The van der Waals surface area contributed by atoms with Gasteiger partial charge in [0.05, 0.1) is 10.7 Å². The van der Waals surface area contributed by atoms with E-state index in [0.717, 1.165) is 32.2 Å². The predicted molar refractivity (Wildman–Crippen MR) is 158 cm³/mol. The van der Waals surface area contributed by atoms with Gasteiger partial charge in [-0.05, 0) is 68.8 Å². The summed E-state index contributed by atoms with van der Waals surface area (Å²) >= 11 is 6.23. The first-order valence-electron chi connectivity index (χ1n) is 13.0. The van der Waals surface area contributed by atoms with Crippen LogP contribution in [0.5, 0.6) is 0 Å². The maximum Gasteiger partial charge on any atom is 0.319 e. The highest BCUT2D eigenvalue weighted by atomic mass is 35.5. The number of pyridine rings is 1. The fourth-order valence-electron chi connectivity index (χ4n) is 4.25. The second-order valence-electron chi connectivity index (χ2n) is 9.57. The lowest BCUT2D eigenvalue weighted by Crippen LogP contribution is -3.00. The molecule has 0 aliphatic heterocycles. The van der Waals surface area contributed by atoms with Crippen molar-refractivity contribution in [1.82, 2.24) is 10.7 Å². The average Bonchev–Trinajstić information content (AvgIpc) is 2.90. The molecule has 0 radical (unpaired) electrons. The first-order chi connectivity index (χ1) is 19.1. The smallest absolute Gasteiger partial charge is 0.319 e. The molecule has 0 spiro atoms. The van der Waals surface area contributed by atoms with Crippen LogP contribution in [0.2, 0.25) is 5.02 Å². The van der Waals surface area contributed by atoms with Crippen molar-refractivity contribution in [1.29, 1.82) is 0 Å². The molecule has 0 saturated heterocycles. The number of anilines is 3. The summed E-state index contributed by atoms with van der Waals surface area (Å²) in [4.78, 5) is 23.1. The van der Waals surface area contributed by atoms with E-state index in [4.69, 9.17) is 11.6 Å². The Morgan fingerprint density at radius 1 is 0.976 bits per heavy atom. The molecule has 1 unspecified atom stereocenters. The van der Waals surface area contributed by atoms with Crippen molar-refractivity contribution >= 4 is 51.1 Å². The van der Waals surface area contributed by atoms with Crippen molar-refractivity contribution < 1.29 is 35.0 Å². The highest BCUT2D eigenvalue weighted by Crippen LogP contribution is 2.27. The summed E-state index contributed by atoms with van der Waals surface area (Å²) in [5.74, 6) is 0. The lowest BCUT2D eigenvalue weighted by molar-refractivity contribution is -0.698. The van der Waals surface area contributed by atoms with E-state index in [0.29, 0.717) is 23.5 Å². The molecule has 5 N–H and O–H groups in total. The van der Waals surface area contributed by atoms with Crippen molar-refractivity contribution in [3.05, 3.63) is 77.1 Å². The van der Waals surface area contributed by atoms with Crippen molar-refractivity contribution in [2.45, 2.75) is 63.9 Å². The summed E-state index contributed by atoms with van der Waals surface area (Å²) in [6.07, 6.45) is 8.23. The molecule has 3 rings (SSSR count). The van der Waals surface area contributed by atoms with Gasteiger partial charge in [-0.25, -0.2) is 17.8 Å². The van der Waals surface area contributed by atoms with Gasteiger partial charge in [0, 0.05) is 35.0 Å². The number of nitrogens with zero attached hydrogens (tertiary/aromatic N) is 1. The number of amides is 3. The summed E-state index contributed by atoms with van der Waals surface area (Å²) < 4.78 is 30.8. The Labute approximate surface area is 252 Å². The molecule has 3 aromatic rings. The number of urea groups is 1. The second kappa shape index (κ2) is 16.0. The standard InChI is InChI=1S/C28H35ClN6O4S.ClH/c1-4-5-6-22(13-14-35-17-20(2)15-21(3)18-35)31-28(37)32-25-11-12-26(29)27(16-25)40(38,39)34-24-9-7-23(8-10-24)33-30-19-36;/h7-12,15-19,22,33-34H,4-6,13-14H2,1-3H3,(H2-,30,31,32,36,37);1H. The summed E-state index contributed by atoms with van der Waals surface area (Å²) in [5.41, 5.74) is 8.44. The first-order valence-corrected chi connectivity index (χ1v) is 14.9. The van der Waals surface area contributed by atoms with E-state index in [-0.39, 0.29) is 28.4 Å². The van der Waals surface area contributed by atoms with Crippen LogP contribution in [0, 0.1) is 13.8 Å². The number of hydrazine groups is 1. The van der Waals surface area contributed by atoms with Gasteiger partial charge in [0.15, 0.2) is 12.4 Å². The number of carbonyl (C=O) groups excluding carboxylic acids is 2. The van der Waals surface area contributed by atoms with Crippen LogP contribution in [-0.4, -0.2) is 26.9 Å². The van der Waals surface area contributed by atoms with Gasteiger partial charge in [0.2, 0.25) is 6.41 Å². The fourth-order valence-corrected chi connectivity index (χ4v) is 5.84. The van der Waals surface area contributed by atoms with Gasteiger partial charge in [-0.2, -0.15) is 0 Å². The Morgan fingerprint density at radius 2 is 1.61 bits per heavy atom. The largest absolute Gasteiger partial charge is 1.00 e. The molecule has 0 bridgehead atoms. The van der Waals surface area contributed by atoms with E-state index in [1.54, 1.807) is 18.2 Å². The Balaban J connectivity index is 0.00000588. The Hall–Kier alpha value is -3.54. The number of hydrogen-bond acceptors (Lipinski definition) is 5. The highest BCUT2D eigenvalue weighted by molar-refractivity contribution is 7.92. The lowest BCUT2D eigenvalue weighted by Gasteiger charge is -2.18. The van der Waals surface area contributed by atoms with Gasteiger partial charge in [0.1, 0.15) is 11.4 Å². The first kappa shape index (κ1) is 33.7. The van der Waals surface area contributed by atoms with Crippen LogP contribution >= 0.6 is 11.6 Å². The molecule has 222 valence electrons. The Bertz CT molecular complexity index is 1400. The van der Waals surface area contributed by atoms with Crippen LogP contribution in [0.15, 0.2) is 65.8 Å². The number of aromatic nitrogens is 1. The molecule has 41 heavy (non-hydrogen) atoms. The number of benzene rings is 2. The molecule has 1 atom stereocenters. The maximum atomic E-state index is 13.1. The minimum Gasteiger partial charge on any atom is -1.00 e. The van der Waals surface area contributed by atoms with Crippen molar-refractivity contribution in [3.63, 3.8) is 0 Å². The zero-order valence-corrected chi connectivity index (χ0v) is 25.5. The van der Waals surface area contributed by atoms with E-state index in [9.17, 15) is 18.0 Å². The molecule has 1 heterocycles. The molecular weight excluding hydrogens is 587 g/mol. The molecule has 0 saturated carbocycles. The molecule has 0 aliphatic carbocycles. The predicted octanol–water partition coefficient (Wildman–Crippen LogP) is 1.89.